The number of hydrogen-bond donors (Lipinski definition) is 0. The molecule has 0 saturated heterocycles. The number of unbranched alkanes of at least 4 members (excludes halogenated alkanes) is 12. The van der Waals surface area contributed by atoms with E-state index < -0.39 is 0 Å². The van der Waals surface area contributed by atoms with Crippen LogP contribution in [0.4, 0.5) is 4.70 Å². The first-order valence-electron chi connectivity index (χ1n) is 8.60. The van der Waals surface area contributed by atoms with E-state index in [4.69, 9.17) is 4.74 Å². The number of hydrogen-bond acceptors (Lipinski definition) is 2. The number of esters is 1. The Hall–Kier alpha value is -0.860. The highest BCUT2D eigenvalue weighted by molar-refractivity contribution is 5.81. The summed E-state index contributed by atoms with van der Waals surface area (Å²) in [7, 11) is 0. The maximum absolute atomic E-state index is 10.8. The summed E-state index contributed by atoms with van der Waals surface area (Å²) in [5.41, 5.74) is 0. The summed E-state index contributed by atoms with van der Waals surface area (Å²) in [6.45, 7) is 6.18. The molecule has 0 aliphatic heterocycles. The average molecular weight is 302 g/mol. The summed E-state index contributed by atoms with van der Waals surface area (Å²) in [4.78, 5) is 10.8. The predicted molar refractivity (Wildman–Crippen MR) is 89.4 cm³/mol. The van der Waals surface area contributed by atoms with Crippen molar-refractivity contribution in [1.82, 2.24) is 0 Å². The molecule has 0 radical (unpaired) electrons. The Kier molecular flexibility index (Phi) is 20.4. The second-order valence-electron chi connectivity index (χ2n) is 5.61. The molecule has 0 aromatic heterocycles. The molecular formula is C18H35FO2. The minimum atomic E-state index is -0.302. The van der Waals surface area contributed by atoms with Gasteiger partial charge in [0.15, 0.2) is 0 Å². The van der Waals surface area contributed by atoms with E-state index >= 15 is 0 Å². The maximum atomic E-state index is 10.8. The fraction of sp³-hybridized carbons (Fsp3) is 0.833. The standard InChI is InChI=1S/C18H34O2.FH/c1-3-5-6-7-8-9-10-11-12-13-14-15-16-17-20-18(19)4-2;/h4H,2-3,5-17H2,1H3;1H. The molecule has 0 aromatic rings. The van der Waals surface area contributed by atoms with Crippen LogP contribution in [0.3, 0.4) is 0 Å². The first kappa shape index (κ1) is 22.4. The molecule has 2 nitrogen and oxygen atoms in total. The number of ether oxygens (including phenoxy) is 1. The zero-order valence-corrected chi connectivity index (χ0v) is 13.9. The van der Waals surface area contributed by atoms with Crippen molar-refractivity contribution >= 4 is 5.97 Å². The highest BCUT2D eigenvalue weighted by Crippen LogP contribution is 2.12. The van der Waals surface area contributed by atoms with Gasteiger partial charge in [0.25, 0.3) is 0 Å². The van der Waals surface area contributed by atoms with Gasteiger partial charge in [0.2, 0.25) is 0 Å². The summed E-state index contributed by atoms with van der Waals surface area (Å²) >= 11 is 0. The third-order valence-electron chi connectivity index (χ3n) is 3.66. The molecule has 0 aliphatic carbocycles. The van der Waals surface area contributed by atoms with Gasteiger partial charge in [-0.3, -0.25) is 4.70 Å². The molecule has 126 valence electrons. The number of carbonyl (C=O) groups excluding carboxylic acids is 1. The summed E-state index contributed by atoms with van der Waals surface area (Å²) in [6, 6.07) is 0. The van der Waals surface area contributed by atoms with E-state index in [0.717, 1.165) is 6.42 Å². The Morgan fingerprint density at radius 1 is 0.810 bits per heavy atom. The van der Waals surface area contributed by atoms with E-state index in [1.807, 2.05) is 0 Å². The van der Waals surface area contributed by atoms with Gasteiger partial charge in [-0.25, -0.2) is 4.79 Å². The lowest BCUT2D eigenvalue weighted by Gasteiger charge is -2.03. The Labute approximate surface area is 130 Å². The van der Waals surface area contributed by atoms with Crippen molar-refractivity contribution in [2.45, 2.75) is 90.4 Å². The SMILES string of the molecule is C=CC(=O)OCCCCCCCCCCCCCCC.F. The Morgan fingerprint density at radius 3 is 1.57 bits per heavy atom. The minimum Gasteiger partial charge on any atom is -0.463 e. The van der Waals surface area contributed by atoms with Crippen molar-refractivity contribution in [2.75, 3.05) is 6.61 Å². The van der Waals surface area contributed by atoms with Gasteiger partial charge in [0.1, 0.15) is 0 Å². The van der Waals surface area contributed by atoms with Crippen molar-refractivity contribution < 1.29 is 14.2 Å². The van der Waals surface area contributed by atoms with Crippen LogP contribution >= 0.6 is 0 Å². The summed E-state index contributed by atoms with van der Waals surface area (Å²) in [5.74, 6) is -0.302. The molecule has 0 spiro atoms. The van der Waals surface area contributed by atoms with Crippen LogP contribution in [0.1, 0.15) is 90.4 Å². The summed E-state index contributed by atoms with van der Waals surface area (Å²) in [6.07, 6.45) is 18.6. The molecule has 0 amide bonds. The van der Waals surface area contributed by atoms with Gasteiger partial charge in [-0.1, -0.05) is 90.6 Å². The van der Waals surface area contributed by atoms with Gasteiger partial charge >= 0.3 is 5.97 Å². The largest absolute Gasteiger partial charge is 0.463 e. The van der Waals surface area contributed by atoms with Crippen LogP contribution < -0.4 is 0 Å². The smallest absolute Gasteiger partial charge is 0.330 e. The van der Waals surface area contributed by atoms with Crippen LogP contribution in [0.15, 0.2) is 12.7 Å². The zero-order valence-electron chi connectivity index (χ0n) is 13.9. The molecule has 0 N–H and O–H groups in total. The van der Waals surface area contributed by atoms with Gasteiger partial charge in [-0.15, -0.1) is 0 Å². The quantitative estimate of drug-likeness (QED) is 0.212. The Morgan fingerprint density at radius 2 is 1.19 bits per heavy atom. The van der Waals surface area contributed by atoms with E-state index in [0.29, 0.717) is 6.61 Å². The van der Waals surface area contributed by atoms with Crippen molar-refractivity contribution in [3.05, 3.63) is 12.7 Å². The highest BCUT2D eigenvalue weighted by Gasteiger charge is 1.96. The molecule has 0 bridgehead atoms. The van der Waals surface area contributed by atoms with Gasteiger partial charge in [-0.05, 0) is 6.42 Å². The third kappa shape index (κ3) is 19.1. The lowest BCUT2D eigenvalue weighted by Crippen LogP contribution is -2.01. The monoisotopic (exact) mass is 302 g/mol. The molecule has 21 heavy (non-hydrogen) atoms. The van der Waals surface area contributed by atoms with E-state index in [9.17, 15) is 4.79 Å². The second kappa shape index (κ2) is 19.1. The maximum Gasteiger partial charge on any atom is 0.330 e. The van der Waals surface area contributed by atoms with Crippen LogP contribution in [0.25, 0.3) is 0 Å². The van der Waals surface area contributed by atoms with Crippen molar-refractivity contribution in [3.8, 4) is 0 Å². The van der Waals surface area contributed by atoms with E-state index in [1.165, 1.54) is 83.1 Å². The molecule has 3 heteroatoms. The Bertz CT molecular complexity index is 229. The topological polar surface area (TPSA) is 26.3 Å². The van der Waals surface area contributed by atoms with Crippen LogP contribution in [-0.4, -0.2) is 12.6 Å². The van der Waals surface area contributed by atoms with Crippen LogP contribution in [-0.2, 0) is 9.53 Å². The van der Waals surface area contributed by atoms with Crippen molar-refractivity contribution in [3.63, 3.8) is 0 Å². The van der Waals surface area contributed by atoms with Crippen LogP contribution in [0, 0.1) is 0 Å². The highest BCUT2D eigenvalue weighted by atomic mass is 19.0. The molecule has 0 saturated carbocycles. The van der Waals surface area contributed by atoms with E-state index in [1.54, 1.807) is 0 Å². The summed E-state index contributed by atoms with van der Waals surface area (Å²) in [5, 5.41) is 0. The normalized spacial score (nSPS) is 9.95. The molecule has 0 atom stereocenters. The van der Waals surface area contributed by atoms with Crippen molar-refractivity contribution in [2.24, 2.45) is 0 Å². The predicted octanol–water partition coefficient (Wildman–Crippen LogP) is 5.96. The number of carbonyl (C=O) groups is 1. The zero-order chi connectivity index (χ0) is 14.9. The minimum absolute atomic E-state index is 0. The fourth-order valence-corrected chi connectivity index (χ4v) is 2.35. The van der Waals surface area contributed by atoms with Gasteiger partial charge in [0, 0.05) is 6.08 Å². The van der Waals surface area contributed by atoms with E-state index in [2.05, 4.69) is 13.5 Å². The summed E-state index contributed by atoms with van der Waals surface area (Å²) < 4.78 is 4.93. The number of rotatable bonds is 15. The molecule has 0 heterocycles. The van der Waals surface area contributed by atoms with Gasteiger partial charge in [0.05, 0.1) is 6.61 Å². The first-order valence-corrected chi connectivity index (χ1v) is 8.60. The fourth-order valence-electron chi connectivity index (χ4n) is 2.35. The molecule has 0 fully saturated rings. The molecule has 0 unspecified atom stereocenters. The third-order valence-corrected chi connectivity index (χ3v) is 3.66. The lowest BCUT2D eigenvalue weighted by molar-refractivity contribution is -0.137. The second-order valence-corrected chi connectivity index (χ2v) is 5.61. The first-order chi connectivity index (χ1) is 9.81. The number of halogens is 1. The molecule has 0 rings (SSSR count). The molecule has 0 aromatic carbocycles. The van der Waals surface area contributed by atoms with Crippen LogP contribution in [0.5, 0.6) is 0 Å². The lowest BCUT2D eigenvalue weighted by atomic mass is 10.0. The average Bonchev–Trinajstić information content (AvgIpc) is 2.47. The van der Waals surface area contributed by atoms with Gasteiger partial charge < -0.3 is 4.74 Å². The van der Waals surface area contributed by atoms with E-state index in [-0.39, 0.29) is 10.7 Å². The van der Waals surface area contributed by atoms with Crippen molar-refractivity contribution in [1.29, 1.82) is 0 Å². The molecular weight excluding hydrogens is 267 g/mol. The van der Waals surface area contributed by atoms with Gasteiger partial charge in [-0.2, -0.15) is 0 Å². The molecule has 0 aliphatic rings. The van der Waals surface area contributed by atoms with Crippen LogP contribution in [0.2, 0.25) is 0 Å². The Balaban J connectivity index is 0.